The number of fused-ring (bicyclic) bond motifs is 1. The highest BCUT2D eigenvalue weighted by atomic mass is 32.1. The van der Waals surface area contributed by atoms with Crippen molar-refractivity contribution in [1.82, 2.24) is 24.8 Å². The van der Waals surface area contributed by atoms with Gasteiger partial charge in [0.15, 0.2) is 5.65 Å². The van der Waals surface area contributed by atoms with E-state index in [1.807, 2.05) is 5.38 Å². The molecule has 0 atom stereocenters. The Morgan fingerprint density at radius 2 is 1.81 bits per heavy atom. The molecule has 0 aliphatic rings. The molecule has 0 fully saturated rings. The number of aryl methyl sites for hydroxylation is 1. The van der Waals surface area contributed by atoms with Gasteiger partial charge in [-0.25, -0.2) is 4.98 Å². The Kier molecular flexibility index (Phi) is 4.87. The Bertz CT molecular complexity index is 968. The summed E-state index contributed by atoms with van der Waals surface area (Å²) in [6, 6.07) is 0. The molecule has 146 valence electrons. The van der Waals surface area contributed by atoms with Crippen LogP contribution in [0.1, 0.15) is 48.4 Å². The highest BCUT2D eigenvalue weighted by Gasteiger charge is 2.38. The van der Waals surface area contributed by atoms with Gasteiger partial charge < -0.3 is 5.32 Å². The first-order valence-electron chi connectivity index (χ1n) is 8.47. The zero-order chi connectivity index (χ0) is 20.0. The van der Waals surface area contributed by atoms with E-state index in [0.717, 1.165) is 20.8 Å². The van der Waals surface area contributed by atoms with E-state index >= 15 is 0 Å². The van der Waals surface area contributed by atoms with Gasteiger partial charge in [-0.3, -0.25) is 0 Å². The highest BCUT2D eigenvalue weighted by molar-refractivity contribution is 7.09. The van der Waals surface area contributed by atoms with Crippen LogP contribution in [0.4, 0.5) is 19.0 Å². The molecule has 0 spiro atoms. The van der Waals surface area contributed by atoms with E-state index in [9.17, 15) is 13.2 Å². The number of thiazole rings is 1. The maximum absolute atomic E-state index is 13.1. The van der Waals surface area contributed by atoms with Crippen LogP contribution in [0.2, 0.25) is 0 Å². The third-order valence-corrected chi connectivity index (χ3v) is 5.53. The molecular formula is C17H21F3N6S. The Hall–Kier alpha value is -2.23. The number of rotatable bonds is 4. The van der Waals surface area contributed by atoms with Crippen LogP contribution < -0.4 is 5.32 Å². The van der Waals surface area contributed by atoms with Crippen molar-refractivity contribution in [3.8, 4) is 0 Å². The molecule has 0 amide bonds. The number of nitrogens with zero attached hydrogens (tertiary/aromatic N) is 5. The summed E-state index contributed by atoms with van der Waals surface area (Å²) < 4.78 is 40.0. The van der Waals surface area contributed by atoms with Gasteiger partial charge in [0, 0.05) is 29.3 Å². The lowest BCUT2D eigenvalue weighted by Gasteiger charge is -2.14. The zero-order valence-electron chi connectivity index (χ0n) is 15.8. The first-order valence-corrected chi connectivity index (χ1v) is 9.35. The first-order chi connectivity index (χ1) is 12.5. The summed E-state index contributed by atoms with van der Waals surface area (Å²) in [7, 11) is 0. The maximum Gasteiger partial charge on any atom is 0.453 e. The van der Waals surface area contributed by atoms with Gasteiger partial charge in [0.25, 0.3) is 5.82 Å². The molecule has 6 nitrogen and oxygen atoms in total. The van der Waals surface area contributed by atoms with Gasteiger partial charge in [-0.2, -0.15) is 17.7 Å². The largest absolute Gasteiger partial charge is 0.453 e. The van der Waals surface area contributed by atoms with Crippen molar-refractivity contribution in [3.05, 3.63) is 33.0 Å². The van der Waals surface area contributed by atoms with Gasteiger partial charge in [0.2, 0.25) is 0 Å². The SMILES string of the molecule is Cc1c(NCCc2csc(C(C)(C)C)n2)nn2c(C(F)(F)F)nnc2c1C. The molecule has 0 radical (unpaired) electrons. The number of aromatic nitrogens is 5. The van der Waals surface area contributed by atoms with Gasteiger partial charge in [-0.05, 0) is 19.4 Å². The van der Waals surface area contributed by atoms with E-state index in [-0.39, 0.29) is 11.1 Å². The van der Waals surface area contributed by atoms with Crippen LogP contribution in [-0.4, -0.2) is 31.3 Å². The van der Waals surface area contributed by atoms with Crippen molar-refractivity contribution < 1.29 is 13.2 Å². The maximum atomic E-state index is 13.1. The molecule has 0 aliphatic carbocycles. The molecule has 0 saturated carbocycles. The zero-order valence-corrected chi connectivity index (χ0v) is 16.6. The van der Waals surface area contributed by atoms with Gasteiger partial charge >= 0.3 is 6.18 Å². The Balaban J connectivity index is 1.80. The van der Waals surface area contributed by atoms with Crippen molar-refractivity contribution in [2.75, 3.05) is 11.9 Å². The molecule has 3 heterocycles. The van der Waals surface area contributed by atoms with Crippen LogP contribution in [0, 0.1) is 13.8 Å². The summed E-state index contributed by atoms with van der Waals surface area (Å²) in [6.07, 6.45) is -3.96. The molecule has 0 bridgehead atoms. The smallest absolute Gasteiger partial charge is 0.368 e. The minimum absolute atomic E-state index is 0.000937. The Labute approximate surface area is 158 Å². The predicted octanol–water partition coefficient (Wildman–Crippen LogP) is 4.17. The van der Waals surface area contributed by atoms with Crippen LogP contribution in [0.3, 0.4) is 0 Å². The lowest BCUT2D eigenvalue weighted by atomic mass is 9.98. The van der Waals surface area contributed by atoms with E-state index in [2.05, 4.69) is 46.4 Å². The van der Waals surface area contributed by atoms with Gasteiger partial charge in [-0.15, -0.1) is 26.6 Å². The summed E-state index contributed by atoms with van der Waals surface area (Å²) >= 11 is 1.62. The normalized spacial score (nSPS) is 12.7. The number of anilines is 1. The number of alkyl halides is 3. The molecule has 3 aromatic heterocycles. The van der Waals surface area contributed by atoms with E-state index in [1.54, 1.807) is 25.2 Å². The molecule has 1 N–H and O–H groups in total. The molecule has 0 unspecified atom stereocenters. The lowest BCUT2D eigenvalue weighted by Crippen LogP contribution is -2.16. The predicted molar refractivity (Wildman–Crippen MR) is 98.3 cm³/mol. The second-order valence-electron chi connectivity index (χ2n) is 7.43. The Morgan fingerprint density at radius 3 is 2.41 bits per heavy atom. The number of halogens is 3. The van der Waals surface area contributed by atoms with Crippen LogP contribution in [0.15, 0.2) is 5.38 Å². The third kappa shape index (κ3) is 3.90. The number of nitrogens with one attached hydrogen (secondary N) is 1. The minimum Gasteiger partial charge on any atom is -0.368 e. The number of hydrogen-bond acceptors (Lipinski definition) is 6. The molecule has 3 aromatic rings. The summed E-state index contributed by atoms with van der Waals surface area (Å²) in [5, 5.41) is 17.2. The quantitative estimate of drug-likeness (QED) is 0.714. The number of hydrogen-bond donors (Lipinski definition) is 1. The first kappa shape index (κ1) is 19.5. The van der Waals surface area contributed by atoms with Crippen molar-refractivity contribution in [1.29, 1.82) is 0 Å². The van der Waals surface area contributed by atoms with E-state index in [1.165, 1.54) is 0 Å². The summed E-state index contributed by atoms with van der Waals surface area (Å²) in [6.45, 7) is 10.3. The van der Waals surface area contributed by atoms with E-state index < -0.39 is 12.0 Å². The second-order valence-corrected chi connectivity index (χ2v) is 8.28. The van der Waals surface area contributed by atoms with Gasteiger partial charge in [0.1, 0.15) is 5.82 Å². The van der Waals surface area contributed by atoms with Crippen LogP contribution >= 0.6 is 11.3 Å². The fourth-order valence-corrected chi connectivity index (χ4v) is 3.49. The van der Waals surface area contributed by atoms with Crippen molar-refractivity contribution in [2.45, 2.75) is 52.6 Å². The monoisotopic (exact) mass is 398 g/mol. The molecule has 0 saturated heterocycles. The Morgan fingerprint density at radius 1 is 1.11 bits per heavy atom. The van der Waals surface area contributed by atoms with Crippen LogP contribution in [0.5, 0.6) is 0 Å². The third-order valence-electron chi connectivity index (χ3n) is 4.21. The lowest BCUT2D eigenvalue weighted by molar-refractivity contribution is -0.146. The average molecular weight is 398 g/mol. The van der Waals surface area contributed by atoms with Gasteiger partial charge in [-0.1, -0.05) is 20.8 Å². The average Bonchev–Trinajstić information content (AvgIpc) is 3.17. The van der Waals surface area contributed by atoms with Crippen molar-refractivity contribution in [3.63, 3.8) is 0 Å². The minimum atomic E-state index is -4.62. The second kappa shape index (κ2) is 6.74. The molecule has 0 aromatic carbocycles. The topological polar surface area (TPSA) is 68.0 Å². The van der Waals surface area contributed by atoms with Crippen molar-refractivity contribution >= 4 is 22.8 Å². The van der Waals surface area contributed by atoms with Crippen molar-refractivity contribution in [2.24, 2.45) is 0 Å². The summed E-state index contributed by atoms with van der Waals surface area (Å²) in [4.78, 5) is 4.62. The molecule has 3 rings (SSSR count). The van der Waals surface area contributed by atoms with E-state index in [4.69, 9.17) is 0 Å². The molecule has 27 heavy (non-hydrogen) atoms. The summed E-state index contributed by atoms with van der Waals surface area (Å²) in [5.74, 6) is -0.741. The standard InChI is InChI=1S/C17H21F3N6S/c1-9-10(2)13-23-24-14(17(18,19)20)26(13)25-12(9)21-7-6-11-8-27-15(22-11)16(3,4)5/h8H,6-7H2,1-5H3,(H,21,25). The highest BCUT2D eigenvalue weighted by Crippen LogP contribution is 2.30. The fourth-order valence-electron chi connectivity index (χ4n) is 2.55. The molecule has 10 heteroatoms. The van der Waals surface area contributed by atoms with E-state index in [0.29, 0.717) is 24.3 Å². The fraction of sp³-hybridized carbons (Fsp3) is 0.529. The molecular weight excluding hydrogens is 377 g/mol. The summed E-state index contributed by atoms with van der Waals surface area (Å²) in [5.41, 5.74) is 2.42. The van der Waals surface area contributed by atoms with Gasteiger partial charge in [0.05, 0.1) is 10.7 Å². The van der Waals surface area contributed by atoms with Crippen LogP contribution in [0.25, 0.3) is 5.65 Å². The molecule has 0 aliphatic heterocycles. The van der Waals surface area contributed by atoms with Crippen LogP contribution in [-0.2, 0) is 18.0 Å².